The number of ether oxygens (including phenoxy) is 3. The minimum absolute atomic E-state index is 0. The third-order valence-corrected chi connectivity index (χ3v) is 13.9. The van der Waals surface area contributed by atoms with Gasteiger partial charge in [-0.2, -0.15) is 0 Å². The Morgan fingerprint density at radius 3 is 0.679 bits per heavy atom. The predicted molar refractivity (Wildman–Crippen MR) is 355 cm³/mol. The van der Waals surface area contributed by atoms with E-state index in [2.05, 4.69) is 117 Å². The van der Waals surface area contributed by atoms with Gasteiger partial charge in [-0.25, -0.2) is 74.5 Å². The van der Waals surface area contributed by atoms with Crippen molar-refractivity contribution >= 4 is 18.6 Å². The molecule has 0 radical (unpaired) electrons. The molecule has 0 saturated carbocycles. The number of rotatable bonds is 21. The van der Waals surface area contributed by atoms with Crippen molar-refractivity contribution < 1.29 is 169 Å². The quantitative estimate of drug-likeness (QED) is 0.0507. The first kappa shape index (κ1) is 94.6. The zero-order valence-corrected chi connectivity index (χ0v) is 68.6. The van der Waals surface area contributed by atoms with Gasteiger partial charge in [-0.3, -0.25) is 59.8 Å². The maximum atomic E-state index is 8.49. The topological polar surface area (TPSA) is 550 Å². The van der Waals surface area contributed by atoms with Gasteiger partial charge >= 0.3 is 39.0 Å². The van der Waals surface area contributed by atoms with Crippen LogP contribution in [-0.2, 0) is 58.8 Å². The Morgan fingerprint density at radius 1 is 0.268 bits per heavy atom. The van der Waals surface area contributed by atoms with Crippen molar-refractivity contribution in [1.29, 1.82) is 0 Å². The fourth-order valence-corrected chi connectivity index (χ4v) is 8.70. The van der Waals surface area contributed by atoms with Crippen molar-refractivity contribution in [1.82, 2.24) is 44.9 Å². The van der Waals surface area contributed by atoms with Crippen LogP contribution in [0.3, 0.4) is 0 Å². The molecule has 12 aromatic rings. The Balaban J connectivity index is 0.000000312. The van der Waals surface area contributed by atoms with E-state index in [0.717, 1.165) is 67.9 Å². The number of aromatic nitrogens is 9. The minimum atomic E-state index is -4.94. The molecule has 9 aromatic heterocycles. The van der Waals surface area contributed by atoms with E-state index in [4.69, 9.17) is 88.8 Å². The summed E-state index contributed by atoms with van der Waals surface area (Å²) in [5, 5.41) is 0. The molecule has 0 aliphatic carbocycles. The van der Waals surface area contributed by atoms with Crippen LogP contribution in [-0.4, -0.2) is 63.5 Å². The first-order valence-electron chi connectivity index (χ1n) is 31.9. The largest absolute Gasteiger partial charge is 2.00 e. The molecule has 9 heterocycles. The number of benzene rings is 3. The number of hydrogen-bond acceptors (Lipinski definition) is 31. The molecule has 112 heavy (non-hydrogen) atoms. The van der Waals surface area contributed by atoms with Gasteiger partial charge in [-0.1, -0.05) is 127 Å². The summed E-state index contributed by atoms with van der Waals surface area (Å²) in [6.07, 6.45) is 21.2. The summed E-state index contributed by atoms with van der Waals surface area (Å²) in [5.74, 6) is 2.12. The Morgan fingerprint density at radius 2 is 0.491 bits per heavy atom. The predicted octanol–water partition coefficient (Wildman–Crippen LogP) is -3.14. The van der Waals surface area contributed by atoms with Gasteiger partial charge in [0.2, 0.25) is 0 Å². The standard InChI is InChI=1S/3C25H22N4O.4ClHO4.2Zn/c3*1-19(21-7-3-2-4-8-21)27-16-22-11-12-23(17-28-22)30-18-20-10-13-25(29-15-20)24-9-5-6-14-26-24;4*2-1(3,4)5;;/h3*2-17,19H,18H2,1H3;4*(H,2,3,4,5);;/q;;;;;;;2*+2/p-4/t3*19-;;;;;;/m111....../s1. The van der Waals surface area contributed by atoms with Crippen molar-refractivity contribution in [3.63, 3.8) is 0 Å². The molecule has 3 aromatic carbocycles. The molecule has 0 spiro atoms. The van der Waals surface area contributed by atoms with Crippen molar-refractivity contribution in [3.05, 3.63) is 325 Å². The zero-order valence-electron chi connectivity index (χ0n) is 59.6. The molecule has 0 unspecified atom stereocenters. The third kappa shape index (κ3) is 42.6. The van der Waals surface area contributed by atoms with Crippen LogP contribution >= 0.6 is 0 Å². The molecule has 572 valence electrons. The van der Waals surface area contributed by atoms with Gasteiger partial charge in [-0.05, 0) is 128 Å². The van der Waals surface area contributed by atoms with Gasteiger partial charge in [0.1, 0.15) is 37.1 Å². The van der Waals surface area contributed by atoms with Crippen LogP contribution < -0.4 is 88.8 Å². The molecule has 0 saturated heterocycles. The average molecular weight is 1710 g/mol. The van der Waals surface area contributed by atoms with E-state index in [-0.39, 0.29) is 57.1 Å². The molecule has 0 aliphatic rings. The summed E-state index contributed by atoms with van der Waals surface area (Å²) >= 11 is 0. The van der Waals surface area contributed by atoms with E-state index in [1.807, 2.05) is 201 Å². The van der Waals surface area contributed by atoms with E-state index < -0.39 is 41.0 Å². The van der Waals surface area contributed by atoms with Crippen molar-refractivity contribution in [2.24, 2.45) is 15.0 Å². The van der Waals surface area contributed by atoms with Crippen molar-refractivity contribution in [2.75, 3.05) is 0 Å². The number of pyridine rings is 9. The van der Waals surface area contributed by atoms with Gasteiger partial charge in [0.05, 0.1) is 88.0 Å². The van der Waals surface area contributed by atoms with Crippen molar-refractivity contribution in [3.8, 4) is 51.4 Å². The Hall–Kier alpha value is -9.81. The second kappa shape index (κ2) is 49.5. The summed E-state index contributed by atoms with van der Waals surface area (Å²) in [6, 6.07) is 71.4. The van der Waals surface area contributed by atoms with Gasteiger partial charge in [0.25, 0.3) is 0 Å². The Kier molecular flexibility index (Phi) is 41.8. The number of halogens is 4. The summed E-state index contributed by atoms with van der Waals surface area (Å²) in [6.45, 7) is 7.48. The molecule has 37 heteroatoms. The van der Waals surface area contributed by atoms with Crippen LogP contribution in [0.1, 0.15) is 89.4 Å². The van der Waals surface area contributed by atoms with Crippen LogP contribution in [0.2, 0.25) is 0 Å². The summed E-state index contributed by atoms with van der Waals surface area (Å²) < 4.78 is 153. The first-order valence-corrected chi connectivity index (χ1v) is 36.8. The monoisotopic (exact) mass is 1710 g/mol. The summed E-state index contributed by atoms with van der Waals surface area (Å²) in [4.78, 5) is 53.3. The number of aliphatic imine (C=N–C) groups is 3. The minimum Gasteiger partial charge on any atom is -0.487 e. The normalized spacial score (nSPS) is 11.8. The van der Waals surface area contributed by atoms with Crippen LogP contribution in [0, 0.1) is 41.0 Å². The van der Waals surface area contributed by atoms with Gasteiger partial charge in [0, 0.05) is 72.5 Å². The third-order valence-electron chi connectivity index (χ3n) is 13.9. The molecular formula is C75H66Cl4N12O19Zn2. The van der Waals surface area contributed by atoms with Crippen molar-refractivity contribution in [2.45, 2.75) is 58.7 Å². The van der Waals surface area contributed by atoms with Gasteiger partial charge in [0.15, 0.2) is 0 Å². The Labute approximate surface area is 677 Å². The average Bonchev–Trinajstić information content (AvgIpc) is 0.862. The molecular weight excluding hydrogens is 1650 g/mol. The second-order valence-electron chi connectivity index (χ2n) is 22.0. The maximum Gasteiger partial charge on any atom is 2.00 e. The molecule has 31 nitrogen and oxygen atoms in total. The van der Waals surface area contributed by atoms with Gasteiger partial charge in [-0.15, -0.1) is 41.0 Å². The molecule has 0 aliphatic heterocycles. The summed E-state index contributed by atoms with van der Waals surface area (Å²) in [7, 11) is -19.8. The summed E-state index contributed by atoms with van der Waals surface area (Å²) in [5.41, 5.74) is 14.0. The van der Waals surface area contributed by atoms with Crippen LogP contribution in [0.15, 0.2) is 289 Å². The zero-order chi connectivity index (χ0) is 79.8. The molecule has 0 fully saturated rings. The van der Waals surface area contributed by atoms with Gasteiger partial charge < -0.3 is 14.2 Å². The van der Waals surface area contributed by atoms with E-state index in [0.29, 0.717) is 37.1 Å². The number of nitrogens with zero attached hydrogens (tertiary/aromatic N) is 12. The maximum absolute atomic E-state index is 8.49. The molecule has 3 atom stereocenters. The number of hydrogen-bond donors (Lipinski definition) is 0. The van der Waals surface area contributed by atoms with E-state index >= 15 is 0 Å². The molecule has 12 rings (SSSR count). The fourth-order valence-electron chi connectivity index (χ4n) is 8.70. The van der Waals surface area contributed by atoms with Crippen LogP contribution in [0.25, 0.3) is 34.2 Å². The Bertz CT molecular complexity index is 4110. The van der Waals surface area contributed by atoms with Crippen LogP contribution in [0.4, 0.5) is 0 Å². The first-order chi connectivity index (χ1) is 52.3. The smallest absolute Gasteiger partial charge is 0.487 e. The molecule has 0 N–H and O–H groups in total. The van der Waals surface area contributed by atoms with E-state index in [1.165, 1.54) is 16.7 Å². The SMILES string of the molecule is C[C@@H](N=Cc1ccc(OCc2ccc(-c3ccccn3)nc2)cn1)c1ccccc1.C[C@@H](N=Cc1ccc(OCc2ccc(-c3ccccn3)nc2)cn1)c1ccccc1.C[C@@H](N=Cc1ccc(OCc2ccc(-c3ccccn3)nc2)cn1)c1ccccc1.[O-][Cl+3]([O-])([O-])[O-].[O-][Cl+3]([O-])([O-])[O-].[O-][Cl+3]([O-])([O-])[O-].[O-][Cl+3]([O-])([O-])[O-].[Zn+2].[Zn+2]. The van der Waals surface area contributed by atoms with E-state index in [1.54, 1.807) is 55.8 Å². The fraction of sp³-hybridized carbons (Fsp3) is 0.120. The molecule has 0 bridgehead atoms. The second-order valence-corrected chi connectivity index (χ2v) is 25.1. The van der Waals surface area contributed by atoms with E-state index in [9.17, 15) is 0 Å². The molecule has 0 amide bonds. The van der Waals surface area contributed by atoms with Crippen LogP contribution in [0.5, 0.6) is 17.2 Å².